The Bertz CT molecular complexity index is 213. The van der Waals surface area contributed by atoms with Crippen LogP contribution >= 0.6 is 0 Å². The van der Waals surface area contributed by atoms with Gasteiger partial charge in [0.2, 0.25) is 0 Å². The predicted octanol–water partition coefficient (Wildman–Crippen LogP) is 6.36. The molecule has 109 valence electrons. The highest BCUT2D eigenvalue weighted by Crippen LogP contribution is 2.32. The van der Waals surface area contributed by atoms with Crippen LogP contribution < -0.4 is 0 Å². The first-order valence-corrected chi connectivity index (χ1v) is 7.74. The normalized spacial score (nSPS) is 18.5. The lowest BCUT2D eigenvalue weighted by molar-refractivity contribution is 0.235. The van der Waals surface area contributed by atoms with Gasteiger partial charge in [-0.3, -0.25) is 0 Å². The third-order valence-corrected chi connectivity index (χ3v) is 3.73. The van der Waals surface area contributed by atoms with Gasteiger partial charge < -0.3 is 0 Å². The lowest BCUT2D eigenvalue weighted by Crippen LogP contribution is -2.18. The largest absolute Gasteiger partial charge is 0.0625 e. The second-order valence-corrected chi connectivity index (χ2v) is 8.95. The fourth-order valence-electron chi connectivity index (χ4n) is 3.06. The number of rotatable bonds is 6. The van der Waals surface area contributed by atoms with Crippen molar-refractivity contribution in [3.05, 3.63) is 6.92 Å². The predicted molar refractivity (Wildman–Crippen MR) is 84.6 cm³/mol. The van der Waals surface area contributed by atoms with Crippen molar-refractivity contribution < 1.29 is 0 Å². The number of hydrogen-bond donors (Lipinski definition) is 0. The monoisotopic (exact) mass is 253 g/mol. The maximum absolute atomic E-state index is 4.39. The molecular formula is C18H37. The topological polar surface area (TPSA) is 0 Å². The molecule has 0 spiro atoms. The van der Waals surface area contributed by atoms with Crippen molar-refractivity contribution in [2.45, 2.75) is 81.1 Å². The van der Waals surface area contributed by atoms with Gasteiger partial charge in [-0.1, -0.05) is 61.8 Å². The van der Waals surface area contributed by atoms with Gasteiger partial charge in [0.1, 0.15) is 0 Å². The van der Waals surface area contributed by atoms with Gasteiger partial charge in [0.25, 0.3) is 0 Å². The van der Waals surface area contributed by atoms with E-state index in [0.29, 0.717) is 16.7 Å². The van der Waals surface area contributed by atoms with Crippen LogP contribution in [-0.4, -0.2) is 0 Å². The van der Waals surface area contributed by atoms with Crippen LogP contribution in [0.5, 0.6) is 0 Å². The highest BCUT2D eigenvalue weighted by atomic mass is 14.3. The summed E-state index contributed by atoms with van der Waals surface area (Å²) in [6.45, 7) is 23.2. The van der Waals surface area contributed by atoms with E-state index < -0.39 is 0 Å². The summed E-state index contributed by atoms with van der Waals surface area (Å²) in [5.41, 5.74) is 0.902. The summed E-state index contributed by atoms with van der Waals surface area (Å²) in [4.78, 5) is 0. The Hall–Kier alpha value is 0. The fourth-order valence-corrected chi connectivity index (χ4v) is 3.06. The van der Waals surface area contributed by atoms with Gasteiger partial charge in [0, 0.05) is 0 Å². The minimum atomic E-state index is 0.437. The quantitative estimate of drug-likeness (QED) is 0.516. The van der Waals surface area contributed by atoms with Gasteiger partial charge in [-0.2, -0.15) is 0 Å². The standard InChI is InChI=1S/C18H37/c1-14(12-17(4,5)6)10-11-15(2)16(3)13-18(7,8)9/h14-16H,2,10-13H2,1,3-9H3. The summed E-state index contributed by atoms with van der Waals surface area (Å²) in [5.74, 6) is 2.19. The summed E-state index contributed by atoms with van der Waals surface area (Å²) in [7, 11) is 0. The molecule has 0 aromatic carbocycles. The average Bonchev–Trinajstić information content (AvgIpc) is 2.08. The van der Waals surface area contributed by atoms with E-state index in [2.05, 4.69) is 62.3 Å². The molecule has 0 nitrogen and oxygen atoms in total. The third-order valence-electron chi connectivity index (χ3n) is 3.73. The lowest BCUT2D eigenvalue weighted by Gasteiger charge is -2.29. The van der Waals surface area contributed by atoms with E-state index in [4.69, 9.17) is 0 Å². The molecule has 0 amide bonds. The molecule has 3 unspecified atom stereocenters. The molecule has 0 aromatic rings. The molecule has 1 radical (unpaired) electrons. The summed E-state index contributed by atoms with van der Waals surface area (Å²) >= 11 is 0. The van der Waals surface area contributed by atoms with Crippen molar-refractivity contribution in [3.63, 3.8) is 0 Å². The van der Waals surface area contributed by atoms with Gasteiger partial charge in [-0.05, 0) is 54.8 Å². The smallest absolute Gasteiger partial charge is 0.0380 e. The molecule has 0 aliphatic rings. The molecular weight excluding hydrogens is 216 g/mol. The molecule has 0 saturated heterocycles. The minimum absolute atomic E-state index is 0.437. The molecule has 0 heteroatoms. The second-order valence-electron chi connectivity index (χ2n) is 8.95. The molecule has 0 heterocycles. The molecule has 0 rings (SSSR count). The lowest BCUT2D eigenvalue weighted by atomic mass is 9.77. The molecule has 0 N–H and O–H groups in total. The Morgan fingerprint density at radius 3 is 1.61 bits per heavy atom. The van der Waals surface area contributed by atoms with E-state index in [1.807, 2.05) is 0 Å². The van der Waals surface area contributed by atoms with E-state index >= 15 is 0 Å². The van der Waals surface area contributed by atoms with Crippen LogP contribution in [0.3, 0.4) is 0 Å². The Kier molecular flexibility index (Phi) is 6.96. The zero-order chi connectivity index (χ0) is 14.6. The first-order valence-electron chi connectivity index (χ1n) is 7.74. The van der Waals surface area contributed by atoms with Crippen molar-refractivity contribution in [2.24, 2.45) is 28.6 Å². The van der Waals surface area contributed by atoms with Crippen LogP contribution in [0.1, 0.15) is 81.1 Å². The molecule has 0 bridgehead atoms. The third kappa shape index (κ3) is 9.97. The van der Waals surface area contributed by atoms with Gasteiger partial charge in [0.15, 0.2) is 0 Å². The van der Waals surface area contributed by atoms with Crippen LogP contribution in [-0.2, 0) is 0 Å². The molecule has 0 aliphatic heterocycles. The Balaban J connectivity index is 3.99. The Labute approximate surface area is 117 Å². The maximum Gasteiger partial charge on any atom is -0.0380 e. The zero-order valence-corrected chi connectivity index (χ0v) is 14.3. The first-order chi connectivity index (χ1) is 7.91. The van der Waals surface area contributed by atoms with Crippen LogP contribution in [0.15, 0.2) is 0 Å². The average molecular weight is 253 g/mol. The molecule has 3 atom stereocenters. The van der Waals surface area contributed by atoms with Crippen molar-refractivity contribution in [3.8, 4) is 0 Å². The first kappa shape index (κ1) is 18.0. The fraction of sp³-hybridized carbons (Fsp3) is 0.944. The highest BCUT2D eigenvalue weighted by molar-refractivity contribution is 4.76. The van der Waals surface area contributed by atoms with Gasteiger partial charge >= 0.3 is 0 Å². The van der Waals surface area contributed by atoms with Gasteiger partial charge in [-0.25, -0.2) is 0 Å². The van der Waals surface area contributed by atoms with Crippen molar-refractivity contribution >= 4 is 0 Å². The zero-order valence-electron chi connectivity index (χ0n) is 14.3. The summed E-state index contributed by atoms with van der Waals surface area (Å²) in [6.07, 6.45) is 5.23. The van der Waals surface area contributed by atoms with E-state index in [1.54, 1.807) is 0 Å². The van der Waals surface area contributed by atoms with Crippen molar-refractivity contribution in [1.29, 1.82) is 0 Å². The highest BCUT2D eigenvalue weighted by Gasteiger charge is 2.21. The van der Waals surface area contributed by atoms with E-state index in [1.165, 1.54) is 25.7 Å². The van der Waals surface area contributed by atoms with Crippen LogP contribution in [0.2, 0.25) is 0 Å². The van der Waals surface area contributed by atoms with Crippen LogP contribution in [0.4, 0.5) is 0 Å². The molecule has 18 heavy (non-hydrogen) atoms. The van der Waals surface area contributed by atoms with Crippen molar-refractivity contribution in [2.75, 3.05) is 0 Å². The SMILES string of the molecule is [CH2]C(CCC(C)CC(C)(C)C)C(C)CC(C)(C)C. The van der Waals surface area contributed by atoms with E-state index in [0.717, 1.165) is 11.8 Å². The van der Waals surface area contributed by atoms with Gasteiger partial charge in [0.05, 0.1) is 0 Å². The van der Waals surface area contributed by atoms with Crippen LogP contribution in [0, 0.1) is 35.5 Å². The maximum atomic E-state index is 4.39. The molecule has 0 aromatic heterocycles. The molecule has 0 saturated carbocycles. The summed E-state index contributed by atoms with van der Waals surface area (Å²) in [6, 6.07) is 0. The summed E-state index contributed by atoms with van der Waals surface area (Å²) < 4.78 is 0. The Morgan fingerprint density at radius 1 is 0.778 bits per heavy atom. The molecule has 0 fully saturated rings. The van der Waals surface area contributed by atoms with Crippen molar-refractivity contribution in [1.82, 2.24) is 0 Å². The molecule has 0 aliphatic carbocycles. The second kappa shape index (κ2) is 6.96. The van der Waals surface area contributed by atoms with Crippen LogP contribution in [0.25, 0.3) is 0 Å². The number of hydrogen-bond acceptors (Lipinski definition) is 0. The summed E-state index contributed by atoms with van der Waals surface area (Å²) in [5, 5.41) is 0. The van der Waals surface area contributed by atoms with E-state index in [9.17, 15) is 0 Å². The van der Waals surface area contributed by atoms with E-state index in [-0.39, 0.29) is 0 Å². The minimum Gasteiger partial charge on any atom is -0.0625 e. The van der Waals surface area contributed by atoms with Gasteiger partial charge in [-0.15, -0.1) is 0 Å². The Morgan fingerprint density at radius 2 is 1.22 bits per heavy atom.